The maximum atomic E-state index is 19.0. The number of anilines is 3. The predicted octanol–water partition coefficient (Wildman–Crippen LogP) is 11.0. The molecule has 63 heavy (non-hydrogen) atoms. The number of aryl methyl sites for hydroxylation is 1. The summed E-state index contributed by atoms with van der Waals surface area (Å²) in [7, 11) is -1.32. The van der Waals surface area contributed by atoms with Crippen LogP contribution in [0.3, 0.4) is 0 Å². The van der Waals surface area contributed by atoms with Gasteiger partial charge in [-0.2, -0.15) is 0 Å². The minimum Gasteiger partial charge on any atom is -0.327 e. The van der Waals surface area contributed by atoms with Gasteiger partial charge in [0.1, 0.15) is 11.6 Å². The smallest absolute Gasteiger partial charge is 0.184 e. The molecule has 1 unspecified atom stereocenters. The van der Waals surface area contributed by atoms with Crippen LogP contribution < -0.4 is 25.6 Å². The number of imidazole rings is 1. The highest BCUT2D eigenvalue weighted by atomic mass is 28.3. The van der Waals surface area contributed by atoms with Crippen molar-refractivity contribution in [3.8, 4) is 17.2 Å². The van der Waals surface area contributed by atoms with Crippen LogP contribution in [0.25, 0.3) is 50.0 Å². The molecule has 300 valence electrons. The summed E-state index contributed by atoms with van der Waals surface area (Å²) in [5.41, 5.74) is 8.73. The van der Waals surface area contributed by atoms with Gasteiger partial charge in [-0.1, -0.05) is 152 Å². The molecule has 4 heterocycles. The molecular weight excluding hydrogens is 790 g/mol. The average Bonchev–Trinajstić information content (AvgIpc) is 3.88. The van der Waals surface area contributed by atoms with E-state index in [9.17, 15) is 0 Å². The summed E-state index contributed by atoms with van der Waals surface area (Å²) in [5, 5.41) is 7.04. The Morgan fingerprint density at radius 3 is 1.95 bits per heavy atom. The molecule has 0 bridgehead atoms. The number of nitrogens with zero attached hydrogens (tertiary/aromatic N) is 5. The standard InChI is InChI=1S/C56H40FN5Si/c1-60-47-31-14-12-29-45(47)59-56(60)39-21-19-20-38(36-39)53(57)44-37-49-52(43-28-11-13-30-46(43)62(49)51-34-17-18-35-58-51)55-54(44)61(40-22-5-2-6-23-40)48-32-15-16-33-50(48)63(55,41-24-7-3-8-25-41)42-26-9-4-10-27-42/h2-37,53H,1H3. The molecule has 0 radical (unpaired) electrons. The molecule has 7 heteroatoms. The molecule has 0 saturated carbocycles. The molecule has 0 aliphatic carbocycles. The van der Waals surface area contributed by atoms with Gasteiger partial charge in [0.15, 0.2) is 14.2 Å². The molecule has 12 rings (SSSR count). The van der Waals surface area contributed by atoms with Crippen molar-refractivity contribution in [2.24, 2.45) is 7.05 Å². The predicted molar refractivity (Wildman–Crippen MR) is 260 cm³/mol. The maximum absolute atomic E-state index is 19.0. The molecular formula is C56H40FN5Si. The number of halogens is 1. The van der Waals surface area contributed by atoms with E-state index in [2.05, 4.69) is 160 Å². The highest BCUT2D eigenvalue weighted by Crippen LogP contribution is 2.48. The zero-order chi connectivity index (χ0) is 42.1. The van der Waals surface area contributed by atoms with Crippen LogP contribution in [-0.2, 0) is 7.05 Å². The Balaban J connectivity index is 1.28. The van der Waals surface area contributed by atoms with Crippen molar-refractivity contribution in [3.05, 3.63) is 230 Å². The van der Waals surface area contributed by atoms with Gasteiger partial charge in [0, 0.05) is 46.5 Å². The first-order valence-corrected chi connectivity index (χ1v) is 23.4. The van der Waals surface area contributed by atoms with Gasteiger partial charge in [-0.05, 0) is 87.0 Å². The van der Waals surface area contributed by atoms with Gasteiger partial charge in [0.25, 0.3) is 0 Å². The Labute approximate surface area is 365 Å². The van der Waals surface area contributed by atoms with E-state index >= 15 is 4.39 Å². The Morgan fingerprint density at radius 1 is 0.571 bits per heavy atom. The first-order chi connectivity index (χ1) is 31.1. The van der Waals surface area contributed by atoms with E-state index in [0.29, 0.717) is 11.1 Å². The summed E-state index contributed by atoms with van der Waals surface area (Å²) in [5.74, 6) is 1.56. The van der Waals surface area contributed by atoms with Gasteiger partial charge >= 0.3 is 0 Å². The van der Waals surface area contributed by atoms with Gasteiger partial charge in [-0.25, -0.2) is 14.4 Å². The fourth-order valence-electron chi connectivity index (χ4n) is 10.3. The average molecular weight is 830 g/mol. The number of rotatable bonds is 7. The number of alkyl halides is 1. The Morgan fingerprint density at radius 2 is 1.22 bits per heavy atom. The van der Waals surface area contributed by atoms with Crippen molar-refractivity contribution in [3.63, 3.8) is 0 Å². The third kappa shape index (κ3) is 5.53. The van der Waals surface area contributed by atoms with E-state index in [0.717, 1.165) is 72.3 Å². The van der Waals surface area contributed by atoms with Crippen molar-refractivity contribution in [2.75, 3.05) is 4.90 Å². The van der Waals surface area contributed by atoms with Crippen LogP contribution in [0.1, 0.15) is 17.3 Å². The second-order valence-corrected chi connectivity index (χ2v) is 20.0. The van der Waals surface area contributed by atoms with E-state index in [1.165, 1.54) is 15.6 Å². The van der Waals surface area contributed by atoms with Crippen molar-refractivity contribution in [2.45, 2.75) is 6.17 Å². The summed E-state index contributed by atoms with van der Waals surface area (Å²) in [6.07, 6.45) is 0.294. The first kappa shape index (κ1) is 36.9. The lowest BCUT2D eigenvalue weighted by Crippen LogP contribution is -2.77. The Hall–Kier alpha value is -7.87. The summed E-state index contributed by atoms with van der Waals surface area (Å²) in [6, 6.07) is 74.0. The highest BCUT2D eigenvalue weighted by molar-refractivity contribution is 7.22. The van der Waals surface area contributed by atoms with Crippen LogP contribution >= 0.6 is 0 Å². The molecule has 0 saturated heterocycles. The van der Waals surface area contributed by atoms with Gasteiger partial charge in [-0.15, -0.1) is 0 Å². The van der Waals surface area contributed by atoms with Crippen LogP contribution in [0.15, 0.2) is 219 Å². The van der Waals surface area contributed by atoms with E-state index in [4.69, 9.17) is 9.97 Å². The van der Waals surface area contributed by atoms with Gasteiger partial charge < -0.3 is 9.47 Å². The molecule has 11 aromatic rings. The summed E-state index contributed by atoms with van der Waals surface area (Å²) >= 11 is 0. The second kappa shape index (κ2) is 14.6. The third-order valence-electron chi connectivity index (χ3n) is 12.9. The normalized spacial score (nSPS) is 13.6. The Kier molecular flexibility index (Phi) is 8.59. The second-order valence-electron chi connectivity index (χ2n) is 16.3. The third-order valence-corrected chi connectivity index (χ3v) is 17.8. The summed E-state index contributed by atoms with van der Waals surface area (Å²) in [4.78, 5) is 12.3. The molecule has 3 aromatic heterocycles. The molecule has 1 atom stereocenters. The number of para-hydroxylation sites is 5. The number of aromatic nitrogens is 4. The van der Waals surface area contributed by atoms with Gasteiger partial charge in [-0.3, -0.25) is 4.57 Å². The minimum atomic E-state index is -3.34. The van der Waals surface area contributed by atoms with Crippen molar-refractivity contribution in [1.82, 2.24) is 19.1 Å². The van der Waals surface area contributed by atoms with Crippen LogP contribution in [0.4, 0.5) is 21.5 Å². The monoisotopic (exact) mass is 829 g/mol. The topological polar surface area (TPSA) is 38.9 Å². The maximum Gasteiger partial charge on any atom is 0.184 e. The first-order valence-electron chi connectivity index (χ1n) is 21.4. The van der Waals surface area contributed by atoms with Crippen LogP contribution in [0, 0.1) is 0 Å². The van der Waals surface area contributed by atoms with Crippen LogP contribution in [0.2, 0.25) is 0 Å². The fraction of sp³-hybridized carbons (Fsp3) is 0.0357. The number of hydrogen-bond acceptors (Lipinski definition) is 3. The molecule has 0 amide bonds. The highest BCUT2D eigenvalue weighted by Gasteiger charge is 2.51. The van der Waals surface area contributed by atoms with E-state index in [-0.39, 0.29) is 0 Å². The molecule has 8 aromatic carbocycles. The molecule has 1 aliphatic heterocycles. The van der Waals surface area contributed by atoms with E-state index in [1.807, 2.05) is 80.0 Å². The number of fused-ring (bicyclic) bond motifs is 7. The lowest BCUT2D eigenvalue weighted by molar-refractivity contribution is 0.403. The molecule has 5 nitrogen and oxygen atoms in total. The van der Waals surface area contributed by atoms with E-state index < -0.39 is 14.2 Å². The largest absolute Gasteiger partial charge is 0.327 e. The SMILES string of the molecule is Cn1c(-c2cccc(C(F)c3cc4c(c5c3N(c3ccccc3)c3ccccc3[Si]5(c3ccccc3)c3ccccc3)c3ccccc3n4-c3ccccn3)c2)nc2ccccc21. The van der Waals surface area contributed by atoms with E-state index in [1.54, 1.807) is 0 Å². The van der Waals surface area contributed by atoms with Crippen molar-refractivity contribution in [1.29, 1.82) is 0 Å². The molecule has 0 N–H and O–H groups in total. The van der Waals surface area contributed by atoms with Crippen molar-refractivity contribution < 1.29 is 4.39 Å². The zero-order valence-corrected chi connectivity index (χ0v) is 35.5. The Bertz CT molecular complexity index is 3460. The quantitative estimate of drug-likeness (QED) is 0.150. The molecule has 0 fully saturated rings. The van der Waals surface area contributed by atoms with Crippen molar-refractivity contribution >= 4 is 78.7 Å². The van der Waals surface area contributed by atoms with Crippen LogP contribution in [-0.4, -0.2) is 27.2 Å². The van der Waals surface area contributed by atoms with Crippen LogP contribution in [0.5, 0.6) is 0 Å². The molecule has 1 aliphatic rings. The summed E-state index contributed by atoms with van der Waals surface area (Å²) in [6.45, 7) is 0. The van der Waals surface area contributed by atoms with Gasteiger partial charge in [0.05, 0.1) is 27.8 Å². The lowest BCUT2D eigenvalue weighted by atomic mass is 9.96. The lowest BCUT2D eigenvalue weighted by Gasteiger charge is -2.46. The zero-order valence-electron chi connectivity index (χ0n) is 34.5. The summed E-state index contributed by atoms with van der Waals surface area (Å²) < 4.78 is 23.4. The number of pyridine rings is 1. The minimum absolute atomic E-state index is 0.556. The fourth-order valence-corrected chi connectivity index (χ4v) is 15.7. The number of hydrogen-bond donors (Lipinski definition) is 0. The number of benzene rings is 8. The molecule has 0 spiro atoms. The van der Waals surface area contributed by atoms with Gasteiger partial charge in [0.2, 0.25) is 0 Å².